The molecule has 1 aliphatic heterocycles. The highest BCUT2D eigenvalue weighted by Gasteiger charge is 2.45. The van der Waals surface area contributed by atoms with Crippen LogP contribution in [0.4, 0.5) is 17.4 Å². The zero-order chi connectivity index (χ0) is 23.5. The number of rotatable bonds is 6. The quantitative estimate of drug-likeness (QED) is 0.382. The summed E-state index contributed by atoms with van der Waals surface area (Å²) in [6.07, 6.45) is 8.05. The van der Waals surface area contributed by atoms with Gasteiger partial charge in [0.1, 0.15) is 0 Å². The number of benzene rings is 2. The molecule has 8 heteroatoms. The van der Waals surface area contributed by atoms with E-state index in [1.165, 1.54) is 0 Å². The molecule has 178 valence electrons. The number of non-ortho nitro benzene ring substituents is 1. The molecule has 34 heavy (non-hydrogen) atoms. The topological polar surface area (TPSA) is 110 Å². The molecule has 3 unspecified atom stereocenters. The van der Waals surface area contributed by atoms with Crippen LogP contribution in [0.5, 0.6) is 0 Å². The first-order valence-corrected chi connectivity index (χ1v) is 12.1. The predicted molar refractivity (Wildman–Crippen MR) is 133 cm³/mol. The van der Waals surface area contributed by atoms with Crippen molar-refractivity contribution in [3.63, 3.8) is 0 Å². The SMILES string of the molecule is NC1(C2CCCN(c3ccc([N+](=O)[O-])cc3)C2)CCCCC1Nc1ncc(-c2ccccc2)o1. The van der Waals surface area contributed by atoms with E-state index in [0.717, 1.165) is 68.6 Å². The Balaban J connectivity index is 1.32. The number of hydrogen-bond donors (Lipinski definition) is 2. The summed E-state index contributed by atoms with van der Waals surface area (Å²) in [5, 5.41) is 14.6. The third-order valence-electron chi connectivity index (χ3n) is 7.47. The van der Waals surface area contributed by atoms with E-state index in [0.29, 0.717) is 11.9 Å². The summed E-state index contributed by atoms with van der Waals surface area (Å²) in [5.41, 5.74) is 8.95. The smallest absolute Gasteiger partial charge is 0.295 e. The highest BCUT2D eigenvalue weighted by atomic mass is 16.6. The number of nitrogens with two attached hydrogens (primary N) is 1. The van der Waals surface area contributed by atoms with E-state index in [2.05, 4.69) is 15.2 Å². The maximum atomic E-state index is 11.0. The van der Waals surface area contributed by atoms with Crippen molar-refractivity contribution in [3.8, 4) is 11.3 Å². The van der Waals surface area contributed by atoms with Gasteiger partial charge in [-0.05, 0) is 43.7 Å². The van der Waals surface area contributed by atoms with Crippen molar-refractivity contribution in [1.29, 1.82) is 0 Å². The van der Waals surface area contributed by atoms with Gasteiger partial charge in [0.05, 0.1) is 11.1 Å². The molecule has 0 spiro atoms. The van der Waals surface area contributed by atoms with E-state index in [1.54, 1.807) is 18.3 Å². The van der Waals surface area contributed by atoms with Gasteiger partial charge in [0.2, 0.25) is 0 Å². The largest absolute Gasteiger partial charge is 0.424 e. The highest BCUT2D eigenvalue weighted by Crippen LogP contribution is 2.39. The summed E-state index contributed by atoms with van der Waals surface area (Å²) in [7, 11) is 0. The number of hydrogen-bond acceptors (Lipinski definition) is 7. The number of anilines is 2. The maximum Gasteiger partial charge on any atom is 0.295 e. The summed E-state index contributed by atoms with van der Waals surface area (Å²) >= 11 is 0. The van der Waals surface area contributed by atoms with Gasteiger partial charge in [0.25, 0.3) is 11.7 Å². The lowest BCUT2D eigenvalue weighted by atomic mass is 9.67. The van der Waals surface area contributed by atoms with Crippen LogP contribution in [-0.2, 0) is 0 Å². The molecule has 8 nitrogen and oxygen atoms in total. The predicted octanol–water partition coefficient (Wildman–Crippen LogP) is 5.22. The van der Waals surface area contributed by atoms with Gasteiger partial charge in [-0.15, -0.1) is 0 Å². The summed E-state index contributed by atoms with van der Waals surface area (Å²) in [6, 6.07) is 17.4. The first kappa shape index (κ1) is 22.4. The summed E-state index contributed by atoms with van der Waals surface area (Å²) in [6.45, 7) is 1.77. The molecular formula is C26H31N5O3. The normalized spacial score (nSPS) is 25.1. The Morgan fingerprint density at radius 1 is 1.09 bits per heavy atom. The monoisotopic (exact) mass is 461 g/mol. The fraction of sp³-hybridized carbons (Fsp3) is 0.423. The average Bonchev–Trinajstić information content (AvgIpc) is 3.35. The lowest BCUT2D eigenvalue weighted by Crippen LogP contribution is -2.63. The standard InChI is InChI=1S/C26H31N5O3/c27-26(20-9-6-16-30(18-20)21-11-13-22(14-12-21)31(32)33)15-5-4-10-24(26)29-25-28-17-23(34-25)19-7-2-1-3-8-19/h1-3,7-8,11-14,17,20,24H,4-6,9-10,15-16,18,27H2,(H,28,29). The molecule has 0 bridgehead atoms. The molecule has 3 aromatic rings. The fourth-order valence-corrected chi connectivity index (χ4v) is 5.58. The summed E-state index contributed by atoms with van der Waals surface area (Å²) in [5.74, 6) is 1.04. The second kappa shape index (κ2) is 9.46. The number of nitrogens with one attached hydrogen (secondary N) is 1. The first-order valence-electron chi connectivity index (χ1n) is 12.1. The number of nitro benzene ring substituents is 1. The minimum absolute atomic E-state index is 0.0744. The zero-order valence-corrected chi connectivity index (χ0v) is 19.2. The van der Waals surface area contributed by atoms with Gasteiger partial charge in [0, 0.05) is 48.1 Å². The molecule has 2 fully saturated rings. The Hall–Kier alpha value is -3.39. The van der Waals surface area contributed by atoms with E-state index >= 15 is 0 Å². The van der Waals surface area contributed by atoms with E-state index in [1.807, 2.05) is 42.5 Å². The molecule has 3 atom stereocenters. The second-order valence-corrected chi connectivity index (χ2v) is 9.51. The van der Waals surface area contributed by atoms with Crippen LogP contribution < -0.4 is 16.0 Å². The molecule has 1 aliphatic carbocycles. The molecule has 5 rings (SSSR count). The van der Waals surface area contributed by atoms with Crippen molar-refractivity contribution < 1.29 is 9.34 Å². The lowest BCUT2D eigenvalue weighted by molar-refractivity contribution is -0.384. The summed E-state index contributed by atoms with van der Waals surface area (Å²) in [4.78, 5) is 17.5. The minimum Gasteiger partial charge on any atom is -0.424 e. The van der Waals surface area contributed by atoms with Crippen molar-refractivity contribution in [1.82, 2.24) is 4.98 Å². The van der Waals surface area contributed by atoms with Crippen molar-refractivity contribution in [3.05, 3.63) is 70.9 Å². The number of piperidine rings is 1. The van der Waals surface area contributed by atoms with Gasteiger partial charge in [-0.1, -0.05) is 43.2 Å². The molecular weight excluding hydrogens is 430 g/mol. The van der Waals surface area contributed by atoms with Crippen LogP contribution in [-0.4, -0.2) is 34.6 Å². The van der Waals surface area contributed by atoms with Crippen LogP contribution in [0.25, 0.3) is 11.3 Å². The second-order valence-electron chi connectivity index (χ2n) is 9.51. The van der Waals surface area contributed by atoms with Gasteiger partial charge >= 0.3 is 0 Å². The summed E-state index contributed by atoms with van der Waals surface area (Å²) < 4.78 is 6.03. The van der Waals surface area contributed by atoms with Crippen LogP contribution >= 0.6 is 0 Å². The molecule has 3 N–H and O–H groups in total. The van der Waals surface area contributed by atoms with Gasteiger partial charge in [0.15, 0.2) is 5.76 Å². The highest BCUT2D eigenvalue weighted by molar-refractivity contribution is 5.57. The Morgan fingerprint density at radius 2 is 1.88 bits per heavy atom. The van der Waals surface area contributed by atoms with Crippen molar-refractivity contribution in [2.24, 2.45) is 11.7 Å². The van der Waals surface area contributed by atoms with Crippen LogP contribution in [0.15, 0.2) is 65.2 Å². The Morgan fingerprint density at radius 3 is 2.65 bits per heavy atom. The molecule has 1 aromatic heterocycles. The van der Waals surface area contributed by atoms with Gasteiger partial charge in [-0.3, -0.25) is 10.1 Å². The first-order chi connectivity index (χ1) is 16.5. The third kappa shape index (κ3) is 4.50. The van der Waals surface area contributed by atoms with E-state index in [-0.39, 0.29) is 22.2 Å². The molecule has 0 amide bonds. The molecule has 2 heterocycles. The van der Waals surface area contributed by atoms with E-state index < -0.39 is 0 Å². The molecule has 1 saturated heterocycles. The number of nitro groups is 1. The Kier molecular flexibility index (Phi) is 6.24. The van der Waals surface area contributed by atoms with E-state index in [4.69, 9.17) is 10.2 Å². The zero-order valence-electron chi connectivity index (χ0n) is 19.2. The molecule has 2 aliphatic rings. The number of oxazole rings is 1. The minimum atomic E-state index is -0.376. The number of nitrogens with zero attached hydrogens (tertiary/aromatic N) is 3. The van der Waals surface area contributed by atoms with Crippen molar-refractivity contribution in [2.75, 3.05) is 23.3 Å². The molecule has 0 radical (unpaired) electrons. The van der Waals surface area contributed by atoms with E-state index in [9.17, 15) is 10.1 Å². The van der Waals surface area contributed by atoms with Crippen molar-refractivity contribution in [2.45, 2.75) is 50.1 Å². The maximum absolute atomic E-state index is 11.0. The fourth-order valence-electron chi connectivity index (χ4n) is 5.58. The lowest BCUT2D eigenvalue weighted by Gasteiger charge is -2.50. The average molecular weight is 462 g/mol. The third-order valence-corrected chi connectivity index (χ3v) is 7.47. The Bertz CT molecular complexity index is 1120. The van der Waals surface area contributed by atoms with Crippen LogP contribution in [0.1, 0.15) is 38.5 Å². The molecule has 1 saturated carbocycles. The van der Waals surface area contributed by atoms with Crippen LogP contribution in [0, 0.1) is 16.0 Å². The van der Waals surface area contributed by atoms with Gasteiger partial charge in [-0.25, -0.2) is 4.98 Å². The molecule has 2 aromatic carbocycles. The van der Waals surface area contributed by atoms with Gasteiger partial charge < -0.3 is 20.4 Å². The van der Waals surface area contributed by atoms with Crippen molar-refractivity contribution >= 4 is 17.4 Å². The van der Waals surface area contributed by atoms with Crippen LogP contribution in [0.3, 0.4) is 0 Å². The Labute approximate surface area is 199 Å². The van der Waals surface area contributed by atoms with Crippen LogP contribution in [0.2, 0.25) is 0 Å². The van der Waals surface area contributed by atoms with Gasteiger partial charge in [-0.2, -0.15) is 0 Å². The number of aromatic nitrogens is 1.